The summed E-state index contributed by atoms with van der Waals surface area (Å²) < 4.78 is 10.2. The van der Waals surface area contributed by atoms with Gasteiger partial charge >= 0.3 is 0 Å². The molecule has 1 rings (SSSR count). The molecule has 2 amide bonds. The van der Waals surface area contributed by atoms with E-state index in [1.54, 1.807) is 6.07 Å². The van der Waals surface area contributed by atoms with E-state index in [4.69, 9.17) is 20.9 Å². The highest BCUT2D eigenvalue weighted by atomic mass is 16.5. The van der Waals surface area contributed by atoms with Gasteiger partial charge in [0, 0.05) is 19.2 Å². The normalized spacial score (nSPS) is 11.8. The van der Waals surface area contributed by atoms with Gasteiger partial charge in [-0.1, -0.05) is 0 Å². The van der Waals surface area contributed by atoms with Crippen molar-refractivity contribution >= 4 is 17.5 Å². The van der Waals surface area contributed by atoms with Crippen LogP contribution in [0.2, 0.25) is 0 Å². The van der Waals surface area contributed by atoms with Crippen LogP contribution in [0.5, 0.6) is 5.75 Å². The van der Waals surface area contributed by atoms with E-state index in [0.29, 0.717) is 11.4 Å². The Labute approximate surface area is 117 Å². The predicted octanol–water partition coefficient (Wildman–Crippen LogP) is 0.0964. The fourth-order valence-corrected chi connectivity index (χ4v) is 1.63. The lowest BCUT2D eigenvalue weighted by atomic mass is 10.1. The van der Waals surface area contributed by atoms with E-state index >= 15 is 0 Å². The Morgan fingerprint density at radius 1 is 1.35 bits per heavy atom. The summed E-state index contributed by atoms with van der Waals surface area (Å²) in [5.41, 5.74) is 11.3. The van der Waals surface area contributed by atoms with E-state index in [-0.39, 0.29) is 30.5 Å². The minimum Gasteiger partial charge on any atom is -0.495 e. The van der Waals surface area contributed by atoms with E-state index in [1.807, 2.05) is 0 Å². The maximum atomic E-state index is 11.9. The lowest BCUT2D eigenvalue weighted by Crippen LogP contribution is -2.28. The number of amides is 2. The molecule has 7 nitrogen and oxygen atoms in total. The first kappa shape index (κ1) is 15.9. The zero-order valence-electron chi connectivity index (χ0n) is 11.5. The van der Waals surface area contributed by atoms with Crippen molar-refractivity contribution in [2.45, 2.75) is 12.5 Å². The SMILES string of the molecule is COc1ccc(C(N)=O)cc1NC(=O)CC(CN)OC. The average Bonchev–Trinajstić information content (AvgIpc) is 2.44. The predicted molar refractivity (Wildman–Crippen MR) is 74.6 cm³/mol. The van der Waals surface area contributed by atoms with Gasteiger partial charge < -0.3 is 26.3 Å². The molecule has 0 radical (unpaired) electrons. The van der Waals surface area contributed by atoms with Crippen molar-refractivity contribution < 1.29 is 19.1 Å². The molecule has 20 heavy (non-hydrogen) atoms. The molecule has 0 aromatic heterocycles. The number of ether oxygens (including phenoxy) is 2. The molecule has 0 spiro atoms. The number of carbonyl (C=O) groups excluding carboxylic acids is 2. The molecule has 0 aliphatic rings. The second-order valence-corrected chi connectivity index (χ2v) is 4.13. The van der Waals surface area contributed by atoms with Gasteiger partial charge in [-0.25, -0.2) is 0 Å². The van der Waals surface area contributed by atoms with Crippen LogP contribution in [-0.2, 0) is 9.53 Å². The largest absolute Gasteiger partial charge is 0.495 e. The monoisotopic (exact) mass is 281 g/mol. The number of rotatable bonds is 7. The van der Waals surface area contributed by atoms with E-state index < -0.39 is 5.91 Å². The molecule has 0 heterocycles. The first-order valence-electron chi connectivity index (χ1n) is 6.02. The summed E-state index contributed by atoms with van der Waals surface area (Å²) in [5.74, 6) is -0.438. The van der Waals surface area contributed by atoms with Gasteiger partial charge in [0.15, 0.2) is 0 Å². The van der Waals surface area contributed by atoms with Crippen molar-refractivity contribution in [1.82, 2.24) is 0 Å². The highest BCUT2D eigenvalue weighted by Gasteiger charge is 2.14. The van der Waals surface area contributed by atoms with Crippen molar-refractivity contribution in [2.75, 3.05) is 26.1 Å². The van der Waals surface area contributed by atoms with E-state index in [2.05, 4.69) is 5.32 Å². The van der Waals surface area contributed by atoms with Crippen molar-refractivity contribution in [1.29, 1.82) is 0 Å². The zero-order valence-corrected chi connectivity index (χ0v) is 11.5. The molecule has 1 unspecified atom stereocenters. The molecule has 0 saturated carbocycles. The van der Waals surface area contributed by atoms with Crippen LogP contribution in [0.25, 0.3) is 0 Å². The van der Waals surface area contributed by atoms with Crippen LogP contribution in [0.1, 0.15) is 16.8 Å². The molecule has 0 aliphatic carbocycles. The van der Waals surface area contributed by atoms with E-state index in [9.17, 15) is 9.59 Å². The van der Waals surface area contributed by atoms with Gasteiger partial charge in [-0.3, -0.25) is 9.59 Å². The summed E-state index contributed by atoms with van der Waals surface area (Å²) in [6, 6.07) is 4.55. The Kier molecular flexibility index (Phi) is 5.95. The van der Waals surface area contributed by atoms with Gasteiger partial charge in [0.05, 0.1) is 25.3 Å². The minimum atomic E-state index is -0.583. The van der Waals surface area contributed by atoms with Crippen LogP contribution in [0.3, 0.4) is 0 Å². The van der Waals surface area contributed by atoms with Crippen LogP contribution >= 0.6 is 0 Å². The molecule has 0 aliphatic heterocycles. The van der Waals surface area contributed by atoms with Crippen LogP contribution in [0.15, 0.2) is 18.2 Å². The Balaban J connectivity index is 2.86. The first-order chi connectivity index (χ1) is 9.51. The number of primary amides is 1. The molecular formula is C13H19N3O4. The Hall–Kier alpha value is -2.12. The molecular weight excluding hydrogens is 262 g/mol. The number of methoxy groups -OCH3 is 2. The maximum absolute atomic E-state index is 11.9. The highest BCUT2D eigenvalue weighted by molar-refractivity contribution is 5.97. The van der Waals surface area contributed by atoms with E-state index in [0.717, 1.165) is 0 Å². The summed E-state index contributed by atoms with van der Waals surface area (Å²) in [6.07, 6.45) is -0.253. The molecule has 1 atom stereocenters. The number of carbonyl (C=O) groups is 2. The summed E-state index contributed by atoms with van der Waals surface area (Å²) in [6.45, 7) is 0.238. The van der Waals surface area contributed by atoms with Crippen molar-refractivity contribution in [3.63, 3.8) is 0 Å². The fourth-order valence-electron chi connectivity index (χ4n) is 1.63. The van der Waals surface area contributed by atoms with Crippen LogP contribution < -0.4 is 21.5 Å². The second kappa shape index (κ2) is 7.46. The third-order valence-corrected chi connectivity index (χ3v) is 2.77. The Bertz CT molecular complexity index is 487. The van der Waals surface area contributed by atoms with Gasteiger partial charge in [-0.15, -0.1) is 0 Å². The first-order valence-corrected chi connectivity index (χ1v) is 6.02. The van der Waals surface area contributed by atoms with Crippen molar-refractivity contribution in [3.05, 3.63) is 23.8 Å². The molecule has 1 aromatic rings. The Morgan fingerprint density at radius 2 is 2.05 bits per heavy atom. The summed E-state index contributed by atoms with van der Waals surface area (Å²) in [7, 11) is 2.95. The number of hydrogen-bond donors (Lipinski definition) is 3. The highest BCUT2D eigenvalue weighted by Crippen LogP contribution is 2.25. The molecule has 1 aromatic carbocycles. The number of anilines is 1. The van der Waals surface area contributed by atoms with Crippen molar-refractivity contribution in [2.24, 2.45) is 11.5 Å². The second-order valence-electron chi connectivity index (χ2n) is 4.13. The number of nitrogens with one attached hydrogen (secondary N) is 1. The van der Waals surface area contributed by atoms with Gasteiger partial charge in [-0.2, -0.15) is 0 Å². The summed E-state index contributed by atoms with van der Waals surface area (Å²) in [4.78, 5) is 23.0. The smallest absolute Gasteiger partial charge is 0.248 e. The molecule has 110 valence electrons. The number of hydrogen-bond acceptors (Lipinski definition) is 5. The van der Waals surface area contributed by atoms with Crippen LogP contribution in [0.4, 0.5) is 5.69 Å². The fraction of sp³-hybridized carbons (Fsp3) is 0.385. The Morgan fingerprint density at radius 3 is 2.55 bits per heavy atom. The lowest BCUT2D eigenvalue weighted by molar-refractivity contribution is -0.118. The summed E-state index contributed by atoms with van der Waals surface area (Å²) in [5, 5.41) is 2.65. The maximum Gasteiger partial charge on any atom is 0.248 e. The average molecular weight is 281 g/mol. The number of nitrogens with two attached hydrogens (primary N) is 2. The lowest BCUT2D eigenvalue weighted by Gasteiger charge is -2.14. The number of benzene rings is 1. The molecule has 0 fully saturated rings. The molecule has 5 N–H and O–H groups in total. The zero-order chi connectivity index (χ0) is 15.1. The van der Waals surface area contributed by atoms with Gasteiger partial charge in [0.25, 0.3) is 0 Å². The minimum absolute atomic E-state index is 0.108. The third-order valence-electron chi connectivity index (χ3n) is 2.77. The standard InChI is InChI=1S/C13H19N3O4/c1-19-9(7-14)6-12(17)16-10-5-8(13(15)18)3-4-11(10)20-2/h3-5,9H,6-7,14H2,1-2H3,(H2,15,18)(H,16,17). The third kappa shape index (κ3) is 4.22. The quantitative estimate of drug-likeness (QED) is 0.655. The van der Waals surface area contributed by atoms with Gasteiger partial charge in [0.2, 0.25) is 11.8 Å². The van der Waals surface area contributed by atoms with Crippen LogP contribution in [0, 0.1) is 0 Å². The van der Waals surface area contributed by atoms with Crippen molar-refractivity contribution in [3.8, 4) is 5.75 Å². The molecule has 0 bridgehead atoms. The van der Waals surface area contributed by atoms with Gasteiger partial charge in [0.1, 0.15) is 5.75 Å². The van der Waals surface area contributed by atoms with E-state index in [1.165, 1.54) is 26.4 Å². The van der Waals surface area contributed by atoms with Gasteiger partial charge in [-0.05, 0) is 18.2 Å². The topological polar surface area (TPSA) is 117 Å². The molecule has 7 heteroatoms. The van der Waals surface area contributed by atoms with Crippen LogP contribution in [-0.4, -0.2) is 38.7 Å². The summed E-state index contributed by atoms with van der Waals surface area (Å²) >= 11 is 0. The molecule has 0 saturated heterocycles.